The van der Waals surface area contributed by atoms with Gasteiger partial charge in [-0.1, -0.05) is 6.92 Å². The minimum absolute atomic E-state index is 0.00928. The minimum atomic E-state index is -0.587. The molecule has 0 saturated heterocycles. The largest absolute Gasteiger partial charge is 0.354 e. The van der Waals surface area contributed by atoms with E-state index in [-0.39, 0.29) is 23.3 Å². The van der Waals surface area contributed by atoms with Gasteiger partial charge in [0, 0.05) is 23.6 Å². The molecule has 0 aromatic heterocycles. The van der Waals surface area contributed by atoms with Crippen LogP contribution in [0, 0.1) is 10.1 Å². The zero-order chi connectivity index (χ0) is 16.5. The highest BCUT2D eigenvalue weighted by molar-refractivity contribution is 8.00. The van der Waals surface area contributed by atoms with Crippen LogP contribution in [0.25, 0.3) is 0 Å². The average molecular weight is 325 g/mol. The van der Waals surface area contributed by atoms with Gasteiger partial charge in [-0.15, -0.1) is 11.8 Å². The van der Waals surface area contributed by atoms with E-state index in [9.17, 15) is 19.7 Å². The molecule has 0 heterocycles. The van der Waals surface area contributed by atoms with Crippen molar-refractivity contribution in [2.45, 2.75) is 31.2 Å². The number of benzene rings is 1. The summed E-state index contributed by atoms with van der Waals surface area (Å²) in [5.74, 6) is -0.332. The molecule has 0 aliphatic carbocycles. The fourth-order valence-corrected chi connectivity index (χ4v) is 2.27. The first-order valence-corrected chi connectivity index (χ1v) is 7.87. The number of amides is 2. The second kappa shape index (κ2) is 9.04. The van der Waals surface area contributed by atoms with Crippen molar-refractivity contribution in [3.05, 3.63) is 34.4 Å². The fraction of sp³-hybridized carbons (Fsp3) is 0.429. The van der Waals surface area contributed by atoms with Crippen LogP contribution in [0.1, 0.15) is 20.3 Å². The van der Waals surface area contributed by atoms with E-state index in [0.717, 1.165) is 11.3 Å². The Bertz CT molecular complexity index is 533. The topological polar surface area (TPSA) is 101 Å². The maximum atomic E-state index is 11.8. The van der Waals surface area contributed by atoms with Crippen molar-refractivity contribution in [2.75, 3.05) is 12.3 Å². The molecule has 8 heteroatoms. The normalized spacial score (nSPS) is 11.5. The van der Waals surface area contributed by atoms with Crippen molar-refractivity contribution in [1.29, 1.82) is 0 Å². The molecule has 0 radical (unpaired) electrons. The summed E-state index contributed by atoms with van der Waals surface area (Å²) in [4.78, 5) is 34.2. The van der Waals surface area contributed by atoms with Crippen molar-refractivity contribution in [3.8, 4) is 0 Å². The lowest BCUT2D eigenvalue weighted by molar-refractivity contribution is -0.384. The van der Waals surface area contributed by atoms with Crippen LogP contribution < -0.4 is 10.6 Å². The molecular weight excluding hydrogens is 306 g/mol. The van der Waals surface area contributed by atoms with E-state index in [1.165, 1.54) is 23.9 Å². The molecule has 1 aromatic rings. The SMILES string of the molecule is CCCNC(=O)[C@@H](C)NC(=O)CSc1ccc([N+](=O)[O-])cc1. The highest BCUT2D eigenvalue weighted by Crippen LogP contribution is 2.21. The van der Waals surface area contributed by atoms with Crippen molar-refractivity contribution >= 4 is 29.3 Å². The zero-order valence-electron chi connectivity index (χ0n) is 12.5. The van der Waals surface area contributed by atoms with Crippen molar-refractivity contribution in [3.63, 3.8) is 0 Å². The van der Waals surface area contributed by atoms with Gasteiger partial charge < -0.3 is 10.6 Å². The Labute approximate surface area is 133 Å². The van der Waals surface area contributed by atoms with Gasteiger partial charge in [0.15, 0.2) is 0 Å². The zero-order valence-corrected chi connectivity index (χ0v) is 13.3. The first-order chi connectivity index (χ1) is 10.4. The predicted octanol–water partition coefficient (Wildman–Crippen LogP) is 1.72. The lowest BCUT2D eigenvalue weighted by Gasteiger charge is -2.13. The summed E-state index contributed by atoms with van der Waals surface area (Å²) >= 11 is 1.25. The second-order valence-electron chi connectivity index (χ2n) is 4.62. The molecule has 0 aliphatic rings. The number of rotatable bonds is 8. The maximum absolute atomic E-state index is 11.8. The third kappa shape index (κ3) is 6.13. The Balaban J connectivity index is 2.39. The molecule has 2 amide bonds. The van der Waals surface area contributed by atoms with Crippen LogP contribution >= 0.6 is 11.8 Å². The summed E-state index contributed by atoms with van der Waals surface area (Å²) in [5.41, 5.74) is 0.00928. The van der Waals surface area contributed by atoms with Gasteiger partial charge in [-0.05, 0) is 25.5 Å². The first-order valence-electron chi connectivity index (χ1n) is 6.88. The first kappa shape index (κ1) is 18.0. The third-order valence-electron chi connectivity index (χ3n) is 2.74. The van der Waals surface area contributed by atoms with E-state index in [1.807, 2.05) is 6.92 Å². The molecule has 7 nitrogen and oxygen atoms in total. The van der Waals surface area contributed by atoms with E-state index < -0.39 is 11.0 Å². The van der Waals surface area contributed by atoms with Crippen LogP contribution in [0.4, 0.5) is 5.69 Å². The lowest BCUT2D eigenvalue weighted by Crippen LogP contribution is -2.45. The summed E-state index contributed by atoms with van der Waals surface area (Å²) in [5, 5.41) is 15.8. The standard InChI is InChI=1S/C14H19N3O4S/c1-3-8-15-14(19)10(2)16-13(18)9-22-12-6-4-11(5-7-12)17(20)21/h4-7,10H,3,8-9H2,1-2H3,(H,15,19)(H,16,18)/t10-/m1/s1. The smallest absolute Gasteiger partial charge is 0.269 e. The van der Waals surface area contributed by atoms with E-state index >= 15 is 0 Å². The lowest BCUT2D eigenvalue weighted by atomic mass is 10.3. The summed E-state index contributed by atoms with van der Waals surface area (Å²) in [6, 6.07) is 5.37. The Morgan fingerprint density at radius 3 is 2.50 bits per heavy atom. The molecule has 22 heavy (non-hydrogen) atoms. The summed E-state index contributed by atoms with van der Waals surface area (Å²) < 4.78 is 0. The number of non-ortho nitro benzene ring substituents is 1. The van der Waals surface area contributed by atoms with Crippen molar-refractivity contribution < 1.29 is 14.5 Å². The predicted molar refractivity (Wildman–Crippen MR) is 84.7 cm³/mol. The molecule has 1 rings (SSSR count). The van der Waals surface area contributed by atoms with Crippen LogP contribution in [-0.2, 0) is 9.59 Å². The summed E-state index contributed by atoms with van der Waals surface area (Å²) in [6.07, 6.45) is 0.836. The van der Waals surface area contributed by atoms with Crippen molar-refractivity contribution in [1.82, 2.24) is 10.6 Å². The van der Waals surface area contributed by atoms with Crippen LogP contribution in [0.3, 0.4) is 0 Å². The highest BCUT2D eigenvalue weighted by Gasteiger charge is 2.15. The maximum Gasteiger partial charge on any atom is 0.269 e. The number of thioether (sulfide) groups is 1. The van der Waals surface area contributed by atoms with Crippen LogP contribution in [0.5, 0.6) is 0 Å². The molecule has 1 aromatic carbocycles. The fourth-order valence-electron chi connectivity index (χ4n) is 1.56. The van der Waals surface area contributed by atoms with E-state index in [2.05, 4.69) is 10.6 Å². The number of hydrogen-bond acceptors (Lipinski definition) is 5. The Hall–Kier alpha value is -2.09. The Morgan fingerprint density at radius 1 is 1.32 bits per heavy atom. The van der Waals surface area contributed by atoms with Crippen molar-refractivity contribution in [2.24, 2.45) is 0 Å². The van der Waals surface area contributed by atoms with Crippen LogP contribution in [0.2, 0.25) is 0 Å². The van der Waals surface area contributed by atoms with Gasteiger partial charge in [-0.25, -0.2) is 0 Å². The molecule has 0 unspecified atom stereocenters. The molecular formula is C14H19N3O4S. The van der Waals surface area contributed by atoms with Gasteiger partial charge in [0.1, 0.15) is 6.04 Å². The van der Waals surface area contributed by atoms with Gasteiger partial charge in [0.2, 0.25) is 11.8 Å². The van der Waals surface area contributed by atoms with Gasteiger partial charge in [-0.2, -0.15) is 0 Å². The summed E-state index contributed by atoms with van der Waals surface area (Å²) in [7, 11) is 0. The Kier molecular flexibility index (Phi) is 7.38. The number of hydrogen-bond donors (Lipinski definition) is 2. The number of carbonyl (C=O) groups excluding carboxylic acids is 2. The van der Waals surface area contributed by atoms with E-state index in [1.54, 1.807) is 19.1 Å². The molecule has 120 valence electrons. The van der Waals surface area contributed by atoms with Gasteiger partial charge in [0.25, 0.3) is 5.69 Å². The van der Waals surface area contributed by atoms with E-state index in [4.69, 9.17) is 0 Å². The number of nitrogens with zero attached hydrogens (tertiary/aromatic N) is 1. The molecule has 0 aliphatic heterocycles. The van der Waals surface area contributed by atoms with Crippen LogP contribution in [-0.4, -0.2) is 35.1 Å². The van der Waals surface area contributed by atoms with Crippen LogP contribution in [0.15, 0.2) is 29.2 Å². The Morgan fingerprint density at radius 2 is 1.95 bits per heavy atom. The second-order valence-corrected chi connectivity index (χ2v) is 5.67. The molecule has 0 fully saturated rings. The van der Waals surface area contributed by atoms with Gasteiger partial charge in [0.05, 0.1) is 10.7 Å². The quantitative estimate of drug-likeness (QED) is 0.430. The minimum Gasteiger partial charge on any atom is -0.354 e. The third-order valence-corrected chi connectivity index (χ3v) is 3.75. The molecule has 1 atom stereocenters. The summed E-state index contributed by atoms with van der Waals surface area (Å²) in [6.45, 7) is 4.15. The average Bonchev–Trinajstić information content (AvgIpc) is 2.50. The highest BCUT2D eigenvalue weighted by atomic mass is 32.2. The molecule has 0 saturated carbocycles. The molecule has 0 bridgehead atoms. The monoisotopic (exact) mass is 325 g/mol. The number of nitrogens with one attached hydrogen (secondary N) is 2. The van der Waals surface area contributed by atoms with E-state index in [0.29, 0.717) is 6.54 Å². The number of nitro groups is 1. The molecule has 2 N–H and O–H groups in total. The van der Waals surface area contributed by atoms with Gasteiger partial charge >= 0.3 is 0 Å². The number of nitro benzene ring substituents is 1. The molecule has 0 spiro atoms. The van der Waals surface area contributed by atoms with Gasteiger partial charge in [-0.3, -0.25) is 19.7 Å². The number of carbonyl (C=O) groups is 2.